The quantitative estimate of drug-likeness (QED) is 0.924. The van der Waals surface area contributed by atoms with Crippen LogP contribution >= 0.6 is 0 Å². The van der Waals surface area contributed by atoms with Gasteiger partial charge in [-0.3, -0.25) is 10.2 Å². The lowest BCUT2D eigenvalue weighted by atomic mass is 9.66. The normalized spacial score (nSPS) is 17.5. The fourth-order valence-electron chi connectivity index (χ4n) is 3.73. The Labute approximate surface area is 143 Å². The fraction of sp³-hybridized carbons (Fsp3) is 0.412. The predicted molar refractivity (Wildman–Crippen MR) is 88.2 cm³/mol. The molecule has 25 heavy (non-hydrogen) atoms. The summed E-state index contributed by atoms with van der Waals surface area (Å²) in [5.41, 5.74) is 2.17. The second-order valence-corrected chi connectivity index (χ2v) is 6.54. The second-order valence-electron chi connectivity index (χ2n) is 6.54. The van der Waals surface area contributed by atoms with Gasteiger partial charge < -0.3 is 4.74 Å². The molecule has 1 aliphatic carbocycles. The average Bonchev–Trinajstić information content (AvgIpc) is 3.05. The number of anilines is 2. The molecule has 8 heteroatoms. The lowest BCUT2D eigenvalue weighted by molar-refractivity contribution is -0.0553. The molecule has 2 heterocycles. The maximum atomic E-state index is 12.7. The molecule has 2 amide bonds. The van der Waals surface area contributed by atoms with Gasteiger partial charge in [-0.15, -0.1) is 0 Å². The van der Waals surface area contributed by atoms with Crippen LogP contribution < -0.4 is 15.0 Å². The molecule has 0 atom stereocenters. The number of carbonyl (C=O) groups is 1. The van der Waals surface area contributed by atoms with Crippen LogP contribution in [0.3, 0.4) is 0 Å². The van der Waals surface area contributed by atoms with Crippen molar-refractivity contribution >= 4 is 17.5 Å². The van der Waals surface area contributed by atoms with E-state index < -0.39 is 6.61 Å². The average molecular weight is 348 g/mol. The first kappa shape index (κ1) is 15.9. The van der Waals surface area contributed by atoms with Crippen molar-refractivity contribution in [3.63, 3.8) is 0 Å². The summed E-state index contributed by atoms with van der Waals surface area (Å²) in [5, 5.41) is 6.68. The Balaban J connectivity index is 1.54. The smallest absolute Gasteiger partial charge is 0.388 e. The molecule has 1 N–H and O–H groups in total. The standard InChI is InChI=1S/C17H18F2N4O2/c1-22-14(25-15(18)19)9-13(21-22)20-16(24)23-10-17(7-4-8-17)11-5-2-3-6-12(11)23/h2-3,5-6,9,15H,4,7-8,10H2,1H3,(H,20,21,24). The maximum absolute atomic E-state index is 12.7. The minimum atomic E-state index is -2.94. The van der Waals surface area contributed by atoms with Crippen LogP contribution in [0.25, 0.3) is 0 Å². The molecule has 0 bridgehead atoms. The Bertz CT molecular complexity index is 817. The number of aryl methyl sites for hydroxylation is 1. The van der Waals surface area contributed by atoms with Crippen LogP contribution in [0.15, 0.2) is 30.3 Å². The second kappa shape index (κ2) is 5.72. The molecular weight excluding hydrogens is 330 g/mol. The minimum Gasteiger partial charge on any atom is -0.417 e. The Morgan fingerprint density at radius 3 is 2.80 bits per heavy atom. The van der Waals surface area contributed by atoms with E-state index in [0.717, 1.165) is 23.2 Å². The number of ether oxygens (including phenoxy) is 1. The SMILES string of the molecule is Cn1nc(NC(=O)N2CC3(CCC3)c3ccccc32)cc1OC(F)F. The lowest BCUT2D eigenvalue weighted by Gasteiger charge is -2.38. The Morgan fingerprint density at radius 1 is 1.36 bits per heavy atom. The molecule has 2 aromatic rings. The predicted octanol–water partition coefficient (Wildman–Crippen LogP) is 3.50. The molecule has 1 spiro atoms. The molecule has 4 rings (SSSR count). The van der Waals surface area contributed by atoms with Crippen molar-refractivity contribution < 1.29 is 18.3 Å². The van der Waals surface area contributed by atoms with E-state index in [1.165, 1.54) is 25.1 Å². The number of rotatable bonds is 3. The van der Waals surface area contributed by atoms with Gasteiger partial charge in [-0.2, -0.15) is 13.9 Å². The van der Waals surface area contributed by atoms with Crippen LogP contribution in [0.1, 0.15) is 24.8 Å². The zero-order valence-electron chi connectivity index (χ0n) is 13.7. The summed E-state index contributed by atoms with van der Waals surface area (Å²) in [4.78, 5) is 14.4. The van der Waals surface area contributed by atoms with Crippen molar-refractivity contribution in [3.8, 4) is 5.88 Å². The van der Waals surface area contributed by atoms with Crippen LogP contribution in [0, 0.1) is 0 Å². The number of aromatic nitrogens is 2. The fourth-order valence-corrected chi connectivity index (χ4v) is 3.73. The number of fused-ring (bicyclic) bond motifs is 2. The third kappa shape index (κ3) is 2.61. The first-order valence-electron chi connectivity index (χ1n) is 8.15. The van der Waals surface area contributed by atoms with Crippen molar-refractivity contribution in [2.24, 2.45) is 7.05 Å². The third-order valence-electron chi connectivity index (χ3n) is 5.06. The summed E-state index contributed by atoms with van der Waals surface area (Å²) in [6, 6.07) is 8.88. The van der Waals surface area contributed by atoms with Gasteiger partial charge in [-0.1, -0.05) is 24.6 Å². The van der Waals surface area contributed by atoms with Crippen LogP contribution in [-0.4, -0.2) is 29.0 Å². The Hall–Kier alpha value is -2.64. The van der Waals surface area contributed by atoms with Crippen LogP contribution in [0.4, 0.5) is 25.1 Å². The number of benzene rings is 1. The molecule has 0 unspecified atom stereocenters. The molecule has 2 aliphatic rings. The van der Waals surface area contributed by atoms with Gasteiger partial charge in [0.25, 0.3) is 0 Å². The number of nitrogens with one attached hydrogen (secondary N) is 1. The number of amides is 2. The highest BCUT2D eigenvalue weighted by atomic mass is 19.3. The van der Waals surface area contributed by atoms with E-state index in [4.69, 9.17) is 0 Å². The highest BCUT2D eigenvalue weighted by Crippen LogP contribution is 2.52. The summed E-state index contributed by atoms with van der Waals surface area (Å²) in [5.74, 6) is 0.0674. The minimum absolute atomic E-state index is 0.0575. The molecule has 1 saturated carbocycles. The molecular formula is C17H18F2N4O2. The summed E-state index contributed by atoms with van der Waals surface area (Å²) in [6.07, 6.45) is 3.31. The van der Waals surface area contributed by atoms with Gasteiger partial charge in [-0.25, -0.2) is 9.48 Å². The highest BCUT2D eigenvalue weighted by Gasteiger charge is 2.48. The monoisotopic (exact) mass is 348 g/mol. The van der Waals surface area contributed by atoms with Crippen molar-refractivity contribution in [2.45, 2.75) is 31.3 Å². The molecule has 132 valence electrons. The molecule has 0 radical (unpaired) electrons. The van der Waals surface area contributed by atoms with Gasteiger partial charge in [0, 0.05) is 30.8 Å². The van der Waals surface area contributed by atoms with Crippen molar-refractivity contribution in [2.75, 3.05) is 16.8 Å². The van der Waals surface area contributed by atoms with E-state index in [0.29, 0.717) is 6.54 Å². The maximum Gasteiger partial charge on any atom is 0.388 e. The van der Waals surface area contributed by atoms with Crippen LogP contribution in [0.5, 0.6) is 5.88 Å². The van der Waals surface area contributed by atoms with Crippen LogP contribution in [-0.2, 0) is 12.5 Å². The summed E-state index contributed by atoms with van der Waals surface area (Å²) < 4.78 is 30.2. The van der Waals surface area contributed by atoms with E-state index >= 15 is 0 Å². The van der Waals surface area contributed by atoms with Gasteiger partial charge in [0.1, 0.15) is 0 Å². The van der Waals surface area contributed by atoms with E-state index in [2.05, 4.69) is 21.2 Å². The Kier molecular flexibility index (Phi) is 3.63. The summed E-state index contributed by atoms with van der Waals surface area (Å²) >= 11 is 0. The number of hydrogen-bond acceptors (Lipinski definition) is 3. The number of hydrogen-bond donors (Lipinski definition) is 1. The molecule has 1 aromatic carbocycles. The number of halogens is 2. The number of carbonyl (C=O) groups excluding carboxylic acids is 1. The number of urea groups is 1. The molecule has 1 aromatic heterocycles. The van der Waals surface area contributed by atoms with Gasteiger partial charge in [0.05, 0.1) is 0 Å². The van der Waals surface area contributed by atoms with Gasteiger partial charge in [-0.05, 0) is 24.5 Å². The molecule has 0 saturated heterocycles. The highest BCUT2D eigenvalue weighted by molar-refractivity contribution is 6.03. The van der Waals surface area contributed by atoms with E-state index in [-0.39, 0.29) is 23.1 Å². The van der Waals surface area contributed by atoms with Crippen molar-refractivity contribution in [1.29, 1.82) is 0 Å². The van der Waals surface area contributed by atoms with E-state index in [1.807, 2.05) is 18.2 Å². The van der Waals surface area contributed by atoms with Crippen LogP contribution in [0.2, 0.25) is 0 Å². The lowest BCUT2D eigenvalue weighted by Crippen LogP contribution is -2.42. The zero-order valence-corrected chi connectivity index (χ0v) is 13.7. The number of alkyl halides is 2. The van der Waals surface area contributed by atoms with E-state index in [1.54, 1.807) is 4.90 Å². The number of para-hydroxylation sites is 1. The largest absolute Gasteiger partial charge is 0.417 e. The van der Waals surface area contributed by atoms with Gasteiger partial charge in [0.2, 0.25) is 5.88 Å². The zero-order chi connectivity index (χ0) is 17.6. The van der Waals surface area contributed by atoms with Gasteiger partial charge >= 0.3 is 12.6 Å². The topological polar surface area (TPSA) is 59.4 Å². The van der Waals surface area contributed by atoms with Crippen molar-refractivity contribution in [3.05, 3.63) is 35.9 Å². The Morgan fingerprint density at radius 2 is 2.12 bits per heavy atom. The van der Waals surface area contributed by atoms with Crippen molar-refractivity contribution in [1.82, 2.24) is 9.78 Å². The molecule has 1 fully saturated rings. The first-order chi connectivity index (χ1) is 12.0. The molecule has 1 aliphatic heterocycles. The first-order valence-corrected chi connectivity index (χ1v) is 8.15. The van der Waals surface area contributed by atoms with E-state index in [9.17, 15) is 13.6 Å². The van der Waals surface area contributed by atoms with Gasteiger partial charge in [0.15, 0.2) is 5.82 Å². The summed E-state index contributed by atoms with van der Waals surface area (Å²) in [7, 11) is 1.47. The third-order valence-corrected chi connectivity index (χ3v) is 5.06. The molecule has 6 nitrogen and oxygen atoms in total. The summed E-state index contributed by atoms with van der Waals surface area (Å²) in [6.45, 7) is -2.31. The number of nitrogens with zero attached hydrogens (tertiary/aromatic N) is 3.